The van der Waals surface area contributed by atoms with Gasteiger partial charge in [-0.15, -0.1) is 0 Å². The number of ether oxygens (including phenoxy) is 3. The summed E-state index contributed by atoms with van der Waals surface area (Å²) in [7, 11) is 0. The van der Waals surface area contributed by atoms with E-state index >= 15 is 0 Å². The third kappa shape index (κ3) is 5.86. The third-order valence-electron chi connectivity index (χ3n) is 6.09. The SMILES string of the molecule is CC(C)(C)OC(=O)N1CCC2(CC1)CN(c1ncccc1C(=O)OCc1ccccc1)CCO2. The van der Waals surface area contributed by atoms with Gasteiger partial charge in [0.05, 0.1) is 12.2 Å². The standard InChI is InChI=1S/C26H33N3O5/c1-25(2,3)34-24(31)28-14-11-26(12-15-28)19-29(16-17-33-26)22-21(10-7-13-27-22)23(30)32-18-20-8-5-4-6-9-20/h4-10,13H,11-12,14-19H2,1-3H3. The second-order valence-corrected chi connectivity index (χ2v) is 9.86. The molecule has 34 heavy (non-hydrogen) atoms. The van der Waals surface area contributed by atoms with Crippen LogP contribution in [-0.4, -0.2) is 65.9 Å². The van der Waals surface area contributed by atoms with Gasteiger partial charge in [-0.3, -0.25) is 0 Å². The average Bonchev–Trinajstić information content (AvgIpc) is 2.82. The molecule has 2 aromatic rings. The van der Waals surface area contributed by atoms with Crippen molar-refractivity contribution in [3.63, 3.8) is 0 Å². The fourth-order valence-corrected chi connectivity index (χ4v) is 4.36. The predicted molar refractivity (Wildman–Crippen MR) is 128 cm³/mol. The van der Waals surface area contributed by atoms with Crippen molar-refractivity contribution in [1.29, 1.82) is 0 Å². The van der Waals surface area contributed by atoms with Gasteiger partial charge in [0.2, 0.25) is 0 Å². The van der Waals surface area contributed by atoms with Crippen molar-refractivity contribution in [2.24, 2.45) is 0 Å². The number of anilines is 1. The van der Waals surface area contributed by atoms with Crippen LogP contribution in [0.3, 0.4) is 0 Å². The van der Waals surface area contributed by atoms with Crippen LogP contribution in [0.5, 0.6) is 0 Å². The van der Waals surface area contributed by atoms with Gasteiger partial charge in [0.25, 0.3) is 0 Å². The van der Waals surface area contributed by atoms with Crippen molar-refractivity contribution < 1.29 is 23.8 Å². The van der Waals surface area contributed by atoms with Gasteiger partial charge in [-0.25, -0.2) is 14.6 Å². The summed E-state index contributed by atoms with van der Waals surface area (Å²) < 4.78 is 17.3. The van der Waals surface area contributed by atoms with E-state index in [4.69, 9.17) is 14.2 Å². The maximum atomic E-state index is 12.9. The Morgan fingerprint density at radius 3 is 2.50 bits per heavy atom. The van der Waals surface area contributed by atoms with E-state index in [-0.39, 0.29) is 18.3 Å². The molecule has 2 saturated heterocycles. The molecule has 1 aromatic carbocycles. The number of morpholine rings is 1. The molecule has 2 aliphatic rings. The third-order valence-corrected chi connectivity index (χ3v) is 6.09. The Kier molecular flexibility index (Phi) is 7.07. The molecule has 1 amide bonds. The molecule has 1 aromatic heterocycles. The van der Waals surface area contributed by atoms with Crippen LogP contribution in [0, 0.1) is 0 Å². The number of aromatic nitrogens is 1. The Balaban J connectivity index is 1.41. The fourth-order valence-electron chi connectivity index (χ4n) is 4.36. The lowest BCUT2D eigenvalue weighted by Gasteiger charge is -2.47. The summed E-state index contributed by atoms with van der Waals surface area (Å²) >= 11 is 0. The van der Waals surface area contributed by atoms with Gasteiger partial charge in [0, 0.05) is 32.4 Å². The molecule has 8 heteroatoms. The molecule has 0 radical (unpaired) electrons. The largest absolute Gasteiger partial charge is 0.457 e. The van der Waals surface area contributed by atoms with Gasteiger partial charge in [-0.05, 0) is 51.3 Å². The van der Waals surface area contributed by atoms with Crippen LogP contribution in [0.2, 0.25) is 0 Å². The Morgan fingerprint density at radius 2 is 1.79 bits per heavy atom. The lowest BCUT2D eigenvalue weighted by Crippen LogP contribution is -2.58. The zero-order chi connectivity index (χ0) is 24.2. The number of benzene rings is 1. The Bertz CT molecular complexity index is 997. The van der Waals surface area contributed by atoms with Crippen LogP contribution < -0.4 is 4.90 Å². The van der Waals surface area contributed by atoms with E-state index in [0.717, 1.165) is 5.56 Å². The van der Waals surface area contributed by atoms with Crippen LogP contribution in [0.15, 0.2) is 48.7 Å². The lowest BCUT2D eigenvalue weighted by molar-refractivity contribution is -0.0914. The first-order chi connectivity index (χ1) is 16.2. The van der Waals surface area contributed by atoms with Gasteiger partial charge in [0.15, 0.2) is 0 Å². The topological polar surface area (TPSA) is 81.2 Å². The summed E-state index contributed by atoms with van der Waals surface area (Å²) in [5.74, 6) is 0.213. The molecule has 0 saturated carbocycles. The van der Waals surface area contributed by atoms with Crippen molar-refractivity contribution in [3.05, 3.63) is 59.8 Å². The number of carbonyl (C=O) groups is 2. The Morgan fingerprint density at radius 1 is 1.06 bits per heavy atom. The number of pyridine rings is 1. The van der Waals surface area contributed by atoms with E-state index in [1.165, 1.54) is 0 Å². The molecule has 0 atom stereocenters. The first-order valence-electron chi connectivity index (χ1n) is 11.8. The maximum Gasteiger partial charge on any atom is 0.410 e. The fraction of sp³-hybridized carbons (Fsp3) is 0.500. The van der Waals surface area contributed by atoms with E-state index in [1.807, 2.05) is 51.1 Å². The number of esters is 1. The highest BCUT2D eigenvalue weighted by Gasteiger charge is 2.42. The summed E-state index contributed by atoms with van der Waals surface area (Å²) in [6.07, 6.45) is 2.80. The minimum atomic E-state index is -0.519. The molecule has 0 unspecified atom stereocenters. The predicted octanol–water partition coefficient (Wildman–Crippen LogP) is 4.04. The maximum absolute atomic E-state index is 12.9. The molecular weight excluding hydrogens is 434 g/mol. The number of carbonyl (C=O) groups excluding carboxylic acids is 2. The van der Waals surface area contributed by atoms with E-state index < -0.39 is 11.6 Å². The van der Waals surface area contributed by atoms with Crippen molar-refractivity contribution in [2.45, 2.75) is 51.4 Å². The first kappa shape index (κ1) is 24.0. The number of amides is 1. The average molecular weight is 468 g/mol. The number of likely N-dealkylation sites (tertiary alicyclic amines) is 1. The summed E-state index contributed by atoms with van der Waals surface area (Å²) in [4.78, 5) is 33.7. The summed E-state index contributed by atoms with van der Waals surface area (Å²) in [5.41, 5.74) is 0.471. The molecule has 2 aliphatic heterocycles. The highest BCUT2D eigenvalue weighted by molar-refractivity contribution is 5.94. The van der Waals surface area contributed by atoms with Gasteiger partial charge in [-0.1, -0.05) is 30.3 Å². The molecule has 4 rings (SSSR count). The quantitative estimate of drug-likeness (QED) is 0.628. The number of hydrogen-bond donors (Lipinski definition) is 0. The highest BCUT2D eigenvalue weighted by atomic mass is 16.6. The van der Waals surface area contributed by atoms with Crippen LogP contribution in [-0.2, 0) is 20.8 Å². The highest BCUT2D eigenvalue weighted by Crippen LogP contribution is 2.33. The molecule has 1 spiro atoms. The summed E-state index contributed by atoms with van der Waals surface area (Å²) in [6, 6.07) is 13.1. The van der Waals surface area contributed by atoms with Gasteiger partial charge in [0.1, 0.15) is 23.6 Å². The van der Waals surface area contributed by atoms with E-state index in [9.17, 15) is 9.59 Å². The second kappa shape index (κ2) is 10.0. The summed E-state index contributed by atoms with van der Waals surface area (Å²) in [6.45, 7) is 8.71. The van der Waals surface area contributed by atoms with Crippen LogP contribution in [0.4, 0.5) is 10.6 Å². The Hall–Kier alpha value is -3.13. The molecule has 2 fully saturated rings. The second-order valence-electron chi connectivity index (χ2n) is 9.86. The van der Waals surface area contributed by atoms with E-state index in [1.54, 1.807) is 23.2 Å². The molecule has 8 nitrogen and oxygen atoms in total. The minimum Gasteiger partial charge on any atom is -0.457 e. The zero-order valence-corrected chi connectivity index (χ0v) is 20.2. The molecule has 3 heterocycles. The molecular formula is C26H33N3O5. The first-order valence-corrected chi connectivity index (χ1v) is 11.8. The summed E-state index contributed by atoms with van der Waals surface area (Å²) in [5, 5.41) is 0. The molecule has 0 aliphatic carbocycles. The van der Waals surface area contributed by atoms with Crippen molar-refractivity contribution in [3.8, 4) is 0 Å². The van der Waals surface area contributed by atoms with Gasteiger partial charge >= 0.3 is 12.1 Å². The van der Waals surface area contributed by atoms with Crippen molar-refractivity contribution in [1.82, 2.24) is 9.88 Å². The molecule has 0 bridgehead atoms. The molecule has 0 N–H and O–H groups in total. The van der Waals surface area contributed by atoms with Gasteiger partial charge < -0.3 is 24.0 Å². The number of hydrogen-bond acceptors (Lipinski definition) is 7. The number of nitrogens with zero attached hydrogens (tertiary/aromatic N) is 3. The molecule has 182 valence electrons. The van der Waals surface area contributed by atoms with Gasteiger partial charge in [-0.2, -0.15) is 0 Å². The minimum absolute atomic E-state index is 0.210. The smallest absolute Gasteiger partial charge is 0.410 e. The van der Waals surface area contributed by atoms with E-state index in [2.05, 4.69) is 9.88 Å². The van der Waals surface area contributed by atoms with Crippen LogP contribution in [0.1, 0.15) is 49.5 Å². The number of rotatable bonds is 4. The van der Waals surface area contributed by atoms with Crippen LogP contribution in [0.25, 0.3) is 0 Å². The normalized spacial score (nSPS) is 18.0. The number of piperidine rings is 1. The zero-order valence-electron chi connectivity index (χ0n) is 20.2. The van der Waals surface area contributed by atoms with Crippen LogP contribution >= 0.6 is 0 Å². The Labute approximate surface area is 200 Å². The van der Waals surface area contributed by atoms with E-state index in [0.29, 0.717) is 57.0 Å². The van der Waals surface area contributed by atoms with Crippen molar-refractivity contribution in [2.75, 3.05) is 37.7 Å². The monoisotopic (exact) mass is 467 g/mol. The van der Waals surface area contributed by atoms with Crippen molar-refractivity contribution >= 4 is 17.9 Å². The lowest BCUT2D eigenvalue weighted by atomic mass is 9.89.